The number of carbonyl (C=O) groups excluding carboxylic acids is 2. The van der Waals surface area contributed by atoms with Gasteiger partial charge in [0.1, 0.15) is 0 Å². The molecule has 0 spiro atoms. The summed E-state index contributed by atoms with van der Waals surface area (Å²) in [4.78, 5) is 28.6. The predicted molar refractivity (Wildman–Crippen MR) is 114 cm³/mol. The van der Waals surface area contributed by atoms with Crippen molar-refractivity contribution >= 4 is 39.8 Å². The van der Waals surface area contributed by atoms with Crippen LogP contribution in [0.4, 0.5) is 21.3 Å². The normalized spacial score (nSPS) is 10.4. The molecule has 3 N–H and O–H groups in total. The Labute approximate surface area is 168 Å². The van der Waals surface area contributed by atoms with Crippen LogP contribution in [-0.2, 0) is 11.2 Å². The van der Waals surface area contributed by atoms with Crippen LogP contribution >= 0.6 is 11.3 Å². The number of para-hydroxylation sites is 1. The van der Waals surface area contributed by atoms with Crippen LogP contribution in [0.5, 0.6) is 0 Å². The summed E-state index contributed by atoms with van der Waals surface area (Å²) in [7, 11) is 0. The zero-order chi connectivity index (χ0) is 19.9. The molecule has 0 aliphatic carbocycles. The summed E-state index contributed by atoms with van der Waals surface area (Å²) in [5.41, 5.74) is 4.53. The van der Waals surface area contributed by atoms with Crippen LogP contribution in [0.2, 0.25) is 0 Å². The van der Waals surface area contributed by atoms with Crippen LogP contribution in [0.3, 0.4) is 0 Å². The number of aromatic nitrogens is 1. The molecule has 3 aromatic rings. The van der Waals surface area contributed by atoms with Crippen LogP contribution in [-0.4, -0.2) is 16.9 Å². The number of nitrogens with zero attached hydrogens (tertiary/aromatic N) is 1. The summed E-state index contributed by atoms with van der Waals surface area (Å²) in [6, 6.07) is 14.7. The van der Waals surface area contributed by atoms with Crippen LogP contribution in [0.15, 0.2) is 53.9 Å². The summed E-state index contributed by atoms with van der Waals surface area (Å²) in [5.74, 6) is -0.0574. The van der Waals surface area contributed by atoms with E-state index < -0.39 is 0 Å². The number of hydrogen-bond donors (Lipinski definition) is 3. The second-order valence-corrected chi connectivity index (χ2v) is 7.24. The van der Waals surface area contributed by atoms with E-state index >= 15 is 0 Å². The molecule has 144 valence electrons. The maximum absolute atomic E-state index is 12.2. The van der Waals surface area contributed by atoms with Gasteiger partial charge in [0, 0.05) is 23.2 Å². The molecule has 0 saturated heterocycles. The standard InChI is InChI=1S/C21H22N4O2S/c1-14-7-6-10-18(15(14)2)24-19(26)12-11-17-13-28-21(23-17)25-20(27)22-16-8-4-3-5-9-16/h3-10,13H,11-12H2,1-2H3,(H,24,26)(H2,22,23,25,27). The number of hydrogen-bond acceptors (Lipinski definition) is 4. The van der Waals surface area contributed by atoms with Crippen molar-refractivity contribution in [1.82, 2.24) is 4.98 Å². The largest absolute Gasteiger partial charge is 0.326 e. The highest BCUT2D eigenvalue weighted by atomic mass is 32.1. The second-order valence-electron chi connectivity index (χ2n) is 6.38. The Morgan fingerprint density at radius 2 is 1.75 bits per heavy atom. The maximum atomic E-state index is 12.2. The molecule has 7 heteroatoms. The van der Waals surface area contributed by atoms with Crippen molar-refractivity contribution < 1.29 is 9.59 Å². The Bertz CT molecular complexity index is 970. The molecule has 0 radical (unpaired) electrons. The van der Waals surface area contributed by atoms with Crippen LogP contribution < -0.4 is 16.0 Å². The molecular weight excluding hydrogens is 372 g/mol. The summed E-state index contributed by atoms with van der Waals surface area (Å²) in [6.45, 7) is 4.01. The molecule has 28 heavy (non-hydrogen) atoms. The van der Waals surface area contributed by atoms with Crippen molar-refractivity contribution in [3.63, 3.8) is 0 Å². The summed E-state index contributed by atoms with van der Waals surface area (Å²) >= 11 is 1.33. The molecule has 0 unspecified atom stereocenters. The number of urea groups is 1. The quantitative estimate of drug-likeness (QED) is 0.552. The lowest BCUT2D eigenvalue weighted by atomic mass is 10.1. The van der Waals surface area contributed by atoms with E-state index in [2.05, 4.69) is 20.9 Å². The number of rotatable bonds is 6. The monoisotopic (exact) mass is 394 g/mol. The van der Waals surface area contributed by atoms with E-state index in [9.17, 15) is 9.59 Å². The Kier molecular flexibility index (Phi) is 6.39. The molecule has 3 amide bonds. The molecule has 0 atom stereocenters. The lowest BCUT2D eigenvalue weighted by Crippen LogP contribution is -2.19. The second kappa shape index (κ2) is 9.14. The average Bonchev–Trinajstić information content (AvgIpc) is 3.12. The first-order valence-corrected chi connectivity index (χ1v) is 9.83. The minimum absolute atomic E-state index is 0.0574. The van der Waals surface area contributed by atoms with E-state index in [1.54, 1.807) is 12.1 Å². The third-order valence-corrected chi connectivity index (χ3v) is 5.10. The Morgan fingerprint density at radius 1 is 0.964 bits per heavy atom. The molecule has 1 heterocycles. The first kappa shape index (κ1) is 19.6. The predicted octanol–water partition coefficient (Wildman–Crippen LogP) is 4.98. The highest BCUT2D eigenvalue weighted by Crippen LogP contribution is 2.20. The topological polar surface area (TPSA) is 83.1 Å². The minimum Gasteiger partial charge on any atom is -0.326 e. The molecule has 0 saturated carbocycles. The van der Waals surface area contributed by atoms with Gasteiger partial charge in [0.15, 0.2) is 5.13 Å². The lowest BCUT2D eigenvalue weighted by molar-refractivity contribution is -0.116. The van der Waals surface area contributed by atoms with Gasteiger partial charge in [-0.15, -0.1) is 11.3 Å². The lowest BCUT2D eigenvalue weighted by Gasteiger charge is -2.09. The molecule has 0 aliphatic rings. The summed E-state index contributed by atoms with van der Waals surface area (Å²) < 4.78 is 0. The molecule has 6 nitrogen and oxygen atoms in total. The molecule has 3 rings (SSSR count). The number of nitrogens with one attached hydrogen (secondary N) is 3. The summed E-state index contributed by atoms with van der Waals surface area (Å²) in [6.07, 6.45) is 0.835. The highest BCUT2D eigenvalue weighted by molar-refractivity contribution is 7.13. The Morgan fingerprint density at radius 3 is 2.54 bits per heavy atom. The Hall–Kier alpha value is -3.19. The van der Waals surface area contributed by atoms with Gasteiger partial charge in [0.2, 0.25) is 5.91 Å². The molecule has 2 aromatic carbocycles. The van der Waals surface area contributed by atoms with Gasteiger partial charge in [-0.25, -0.2) is 9.78 Å². The van der Waals surface area contributed by atoms with E-state index in [0.29, 0.717) is 23.7 Å². The van der Waals surface area contributed by atoms with Crippen LogP contribution in [0.25, 0.3) is 0 Å². The molecule has 0 bridgehead atoms. The fraction of sp³-hybridized carbons (Fsp3) is 0.190. The SMILES string of the molecule is Cc1cccc(NC(=O)CCc2csc(NC(=O)Nc3ccccc3)n2)c1C. The van der Waals surface area contributed by atoms with Gasteiger partial charge in [-0.05, 0) is 49.6 Å². The van der Waals surface area contributed by atoms with Crippen molar-refractivity contribution in [2.75, 3.05) is 16.0 Å². The first-order valence-electron chi connectivity index (χ1n) is 8.95. The van der Waals surface area contributed by atoms with Gasteiger partial charge >= 0.3 is 6.03 Å². The fourth-order valence-electron chi connectivity index (χ4n) is 2.60. The maximum Gasteiger partial charge on any atom is 0.325 e. The average molecular weight is 395 g/mol. The minimum atomic E-state index is -0.347. The van der Waals surface area contributed by atoms with Crippen molar-refractivity contribution in [2.24, 2.45) is 0 Å². The van der Waals surface area contributed by atoms with Gasteiger partial charge < -0.3 is 10.6 Å². The molecular formula is C21H22N4O2S. The number of anilines is 3. The van der Waals surface area contributed by atoms with E-state index in [4.69, 9.17) is 0 Å². The Balaban J connectivity index is 1.48. The van der Waals surface area contributed by atoms with Crippen molar-refractivity contribution in [3.05, 3.63) is 70.7 Å². The number of benzene rings is 2. The number of thiazole rings is 1. The zero-order valence-corrected chi connectivity index (χ0v) is 16.6. The van der Waals surface area contributed by atoms with Gasteiger partial charge in [-0.2, -0.15) is 0 Å². The van der Waals surface area contributed by atoms with Gasteiger partial charge in [-0.3, -0.25) is 10.1 Å². The highest BCUT2D eigenvalue weighted by Gasteiger charge is 2.10. The van der Waals surface area contributed by atoms with Gasteiger partial charge in [0.05, 0.1) is 5.69 Å². The molecule has 0 fully saturated rings. The zero-order valence-electron chi connectivity index (χ0n) is 15.8. The van der Waals surface area contributed by atoms with Crippen LogP contribution in [0, 0.1) is 13.8 Å². The van der Waals surface area contributed by atoms with E-state index in [-0.39, 0.29) is 11.9 Å². The van der Waals surface area contributed by atoms with Crippen molar-refractivity contribution in [1.29, 1.82) is 0 Å². The molecule has 1 aromatic heterocycles. The van der Waals surface area contributed by atoms with Gasteiger partial charge in [-0.1, -0.05) is 30.3 Å². The van der Waals surface area contributed by atoms with E-state index in [1.807, 2.05) is 55.6 Å². The van der Waals surface area contributed by atoms with Crippen molar-refractivity contribution in [3.8, 4) is 0 Å². The summed E-state index contributed by atoms with van der Waals surface area (Å²) in [5, 5.41) is 10.7. The van der Waals surface area contributed by atoms with E-state index in [0.717, 1.165) is 22.5 Å². The smallest absolute Gasteiger partial charge is 0.325 e. The number of amides is 3. The third kappa shape index (κ3) is 5.40. The van der Waals surface area contributed by atoms with Gasteiger partial charge in [0.25, 0.3) is 0 Å². The van der Waals surface area contributed by atoms with E-state index in [1.165, 1.54) is 11.3 Å². The fourth-order valence-corrected chi connectivity index (χ4v) is 3.34. The first-order chi connectivity index (χ1) is 13.5. The van der Waals surface area contributed by atoms with Crippen molar-refractivity contribution in [2.45, 2.75) is 26.7 Å². The molecule has 0 aliphatic heterocycles. The number of carbonyl (C=O) groups is 2. The van der Waals surface area contributed by atoms with Crippen LogP contribution in [0.1, 0.15) is 23.2 Å². The third-order valence-electron chi connectivity index (χ3n) is 4.29. The number of aryl methyl sites for hydroxylation is 2.